The molecule has 1 atom stereocenters. The molecule has 0 bridgehead atoms. The molecule has 100 valence electrons. The Hall–Kier alpha value is -1.45. The lowest BCUT2D eigenvalue weighted by molar-refractivity contribution is 0.0752. The van der Waals surface area contributed by atoms with Crippen LogP contribution in [0.15, 0.2) is 48.5 Å². The second-order valence-electron chi connectivity index (χ2n) is 5.00. The van der Waals surface area contributed by atoms with Crippen LogP contribution in [-0.4, -0.2) is 23.1 Å². The first-order valence-corrected chi connectivity index (χ1v) is 7.91. The third-order valence-corrected chi connectivity index (χ3v) is 5.74. The first-order valence-electron chi connectivity index (χ1n) is 6.55. The van der Waals surface area contributed by atoms with Gasteiger partial charge in [0.15, 0.2) is 0 Å². The number of carbonyl (C=O) groups excluding carboxylic acids is 1. The normalized spacial score (nSPS) is 23.9. The van der Waals surface area contributed by atoms with E-state index in [0.717, 1.165) is 34.0 Å². The molecule has 2 nitrogen and oxygen atoms in total. The molecule has 1 unspecified atom stereocenters. The zero-order valence-corrected chi connectivity index (χ0v) is 12.2. The van der Waals surface area contributed by atoms with Crippen molar-refractivity contribution in [2.24, 2.45) is 0 Å². The lowest BCUT2D eigenvalue weighted by atomic mass is 9.97. The van der Waals surface area contributed by atoms with Gasteiger partial charge in [-0.2, -0.15) is 0 Å². The molecule has 0 saturated carbocycles. The maximum absolute atomic E-state index is 12.6. The number of halogens is 1. The average Bonchev–Trinajstić information content (AvgIpc) is 3.01. The van der Waals surface area contributed by atoms with Gasteiger partial charge in [-0.05, 0) is 23.8 Å². The van der Waals surface area contributed by atoms with Crippen LogP contribution in [0.5, 0.6) is 0 Å². The SMILES string of the molecule is O=C1c2ccccc2C2(c3ccc(Cl)cc3)SCCN12. The largest absolute Gasteiger partial charge is 0.315 e. The van der Waals surface area contributed by atoms with Crippen molar-refractivity contribution in [1.29, 1.82) is 0 Å². The van der Waals surface area contributed by atoms with E-state index >= 15 is 0 Å². The van der Waals surface area contributed by atoms with E-state index < -0.39 is 0 Å². The highest BCUT2D eigenvalue weighted by Crippen LogP contribution is 2.55. The van der Waals surface area contributed by atoms with Crippen LogP contribution >= 0.6 is 23.4 Å². The van der Waals surface area contributed by atoms with Crippen molar-refractivity contribution in [3.63, 3.8) is 0 Å². The van der Waals surface area contributed by atoms with Crippen molar-refractivity contribution >= 4 is 29.3 Å². The molecule has 2 heterocycles. The molecule has 0 radical (unpaired) electrons. The summed E-state index contributed by atoms with van der Waals surface area (Å²) in [5.74, 6) is 1.10. The van der Waals surface area contributed by atoms with Crippen LogP contribution in [0.25, 0.3) is 0 Å². The first-order chi connectivity index (χ1) is 9.73. The lowest BCUT2D eigenvalue weighted by Crippen LogP contribution is -2.37. The van der Waals surface area contributed by atoms with Crippen LogP contribution in [0.1, 0.15) is 21.5 Å². The van der Waals surface area contributed by atoms with Gasteiger partial charge < -0.3 is 4.90 Å². The molecule has 0 aliphatic carbocycles. The Bertz CT molecular complexity index is 700. The summed E-state index contributed by atoms with van der Waals surface area (Å²) in [6.07, 6.45) is 0. The van der Waals surface area contributed by atoms with Gasteiger partial charge in [0.05, 0.1) is 0 Å². The van der Waals surface area contributed by atoms with E-state index in [4.69, 9.17) is 11.6 Å². The van der Waals surface area contributed by atoms with Crippen LogP contribution in [0.4, 0.5) is 0 Å². The molecule has 2 aliphatic rings. The van der Waals surface area contributed by atoms with Gasteiger partial charge in [0.2, 0.25) is 0 Å². The number of fused-ring (bicyclic) bond motifs is 3. The number of hydrogen-bond donors (Lipinski definition) is 0. The maximum atomic E-state index is 12.6. The summed E-state index contributed by atoms with van der Waals surface area (Å²) < 4.78 is 0. The van der Waals surface area contributed by atoms with Gasteiger partial charge in [-0.3, -0.25) is 4.79 Å². The molecule has 0 N–H and O–H groups in total. The van der Waals surface area contributed by atoms with Gasteiger partial charge >= 0.3 is 0 Å². The molecular formula is C16H12ClNOS. The fourth-order valence-electron chi connectivity index (χ4n) is 3.17. The van der Waals surface area contributed by atoms with Crippen molar-refractivity contribution in [1.82, 2.24) is 4.90 Å². The van der Waals surface area contributed by atoms with E-state index in [1.165, 1.54) is 0 Å². The van der Waals surface area contributed by atoms with Gasteiger partial charge in [0.1, 0.15) is 4.87 Å². The monoisotopic (exact) mass is 301 g/mol. The Labute approximate surface area is 126 Å². The van der Waals surface area contributed by atoms with Gasteiger partial charge in [-0.15, -0.1) is 11.8 Å². The minimum absolute atomic E-state index is 0.139. The summed E-state index contributed by atoms with van der Waals surface area (Å²) in [7, 11) is 0. The fraction of sp³-hybridized carbons (Fsp3) is 0.188. The van der Waals surface area contributed by atoms with Crippen molar-refractivity contribution in [2.75, 3.05) is 12.3 Å². The van der Waals surface area contributed by atoms with Crippen molar-refractivity contribution in [2.45, 2.75) is 4.87 Å². The van der Waals surface area contributed by atoms with Gasteiger partial charge in [0.25, 0.3) is 5.91 Å². The zero-order chi connectivity index (χ0) is 13.7. The number of thioether (sulfide) groups is 1. The summed E-state index contributed by atoms with van der Waals surface area (Å²) in [5, 5.41) is 0.720. The summed E-state index contributed by atoms with van der Waals surface area (Å²) in [5.41, 5.74) is 3.06. The Kier molecular flexibility index (Phi) is 2.63. The second kappa shape index (κ2) is 4.27. The maximum Gasteiger partial charge on any atom is 0.255 e. The Morgan fingerprint density at radius 3 is 2.65 bits per heavy atom. The molecule has 0 aromatic heterocycles. The smallest absolute Gasteiger partial charge is 0.255 e. The lowest BCUT2D eigenvalue weighted by Gasteiger charge is -2.32. The molecule has 1 saturated heterocycles. The van der Waals surface area contributed by atoms with Crippen molar-refractivity contribution in [3.8, 4) is 0 Å². The van der Waals surface area contributed by atoms with Gasteiger partial charge in [-0.1, -0.05) is 41.9 Å². The van der Waals surface area contributed by atoms with Crippen LogP contribution < -0.4 is 0 Å². The number of amides is 1. The summed E-state index contributed by atoms with van der Waals surface area (Å²) in [4.78, 5) is 14.2. The molecule has 1 amide bonds. The van der Waals surface area contributed by atoms with E-state index in [1.54, 1.807) is 0 Å². The van der Waals surface area contributed by atoms with Gasteiger partial charge in [0, 0.05) is 28.4 Å². The van der Waals surface area contributed by atoms with E-state index in [2.05, 4.69) is 6.07 Å². The highest BCUT2D eigenvalue weighted by Gasteiger charge is 2.54. The number of benzene rings is 2. The van der Waals surface area contributed by atoms with Crippen LogP contribution in [-0.2, 0) is 4.87 Å². The van der Waals surface area contributed by atoms with Crippen LogP contribution in [0.3, 0.4) is 0 Å². The quantitative estimate of drug-likeness (QED) is 0.799. The van der Waals surface area contributed by atoms with Gasteiger partial charge in [-0.25, -0.2) is 0 Å². The topological polar surface area (TPSA) is 20.3 Å². The molecule has 20 heavy (non-hydrogen) atoms. The Balaban J connectivity index is 1.99. The third kappa shape index (κ3) is 1.45. The minimum atomic E-state index is -0.363. The van der Waals surface area contributed by atoms with E-state index in [1.807, 2.05) is 59.1 Å². The number of nitrogens with zero attached hydrogens (tertiary/aromatic N) is 1. The molecule has 4 rings (SSSR count). The fourth-order valence-corrected chi connectivity index (χ4v) is 4.83. The number of carbonyl (C=O) groups is 1. The van der Waals surface area contributed by atoms with E-state index in [0.29, 0.717) is 0 Å². The number of hydrogen-bond acceptors (Lipinski definition) is 2. The predicted octanol–water partition coefficient (Wildman–Crippen LogP) is 3.74. The standard InChI is InChI=1S/C16H12ClNOS/c17-12-7-5-11(6-8-12)16-14-4-2-1-3-13(14)15(19)18(16)9-10-20-16/h1-8H,9-10H2. The molecule has 2 aromatic carbocycles. The summed E-state index contributed by atoms with van der Waals surface area (Å²) in [6.45, 7) is 0.792. The molecule has 4 heteroatoms. The molecule has 0 spiro atoms. The zero-order valence-electron chi connectivity index (χ0n) is 10.7. The highest BCUT2D eigenvalue weighted by atomic mass is 35.5. The molecular weight excluding hydrogens is 290 g/mol. The van der Waals surface area contributed by atoms with Crippen LogP contribution in [0.2, 0.25) is 5.02 Å². The van der Waals surface area contributed by atoms with E-state index in [9.17, 15) is 4.79 Å². The molecule has 2 aliphatic heterocycles. The predicted molar refractivity (Wildman–Crippen MR) is 82.2 cm³/mol. The average molecular weight is 302 g/mol. The summed E-state index contributed by atoms with van der Waals surface area (Å²) >= 11 is 7.83. The Morgan fingerprint density at radius 2 is 1.85 bits per heavy atom. The second-order valence-corrected chi connectivity index (χ2v) is 6.73. The van der Waals surface area contributed by atoms with E-state index in [-0.39, 0.29) is 10.8 Å². The molecule has 2 aromatic rings. The van der Waals surface area contributed by atoms with Crippen molar-refractivity contribution < 1.29 is 4.79 Å². The first kappa shape index (κ1) is 12.3. The summed E-state index contributed by atoms with van der Waals surface area (Å²) in [6, 6.07) is 15.8. The minimum Gasteiger partial charge on any atom is -0.315 e. The molecule has 1 fully saturated rings. The van der Waals surface area contributed by atoms with Crippen molar-refractivity contribution in [3.05, 3.63) is 70.2 Å². The Morgan fingerprint density at radius 1 is 1.10 bits per heavy atom. The number of rotatable bonds is 1. The third-order valence-electron chi connectivity index (χ3n) is 4.01. The van der Waals surface area contributed by atoms with Crippen LogP contribution in [0, 0.1) is 0 Å². The highest BCUT2D eigenvalue weighted by molar-refractivity contribution is 8.00.